The van der Waals surface area contributed by atoms with Crippen LogP contribution in [0.1, 0.15) is 25.0 Å². The Morgan fingerprint density at radius 1 is 0.725 bits per heavy atom. The maximum absolute atomic E-state index is 12.7. The minimum atomic E-state index is -1.61. The summed E-state index contributed by atoms with van der Waals surface area (Å²) < 4.78 is 21.8. The minimum absolute atomic E-state index is 0.0243. The fourth-order valence-corrected chi connectivity index (χ4v) is 4.85. The molecule has 3 aromatic rings. The number of benzene rings is 2. The van der Waals surface area contributed by atoms with Crippen molar-refractivity contribution in [3.63, 3.8) is 0 Å². The number of nitrogens with zero attached hydrogens (tertiary/aromatic N) is 2. The largest absolute Gasteiger partial charge is 0.432 e. The van der Waals surface area contributed by atoms with Gasteiger partial charge in [0.1, 0.15) is 36.6 Å². The molecule has 2 aliphatic rings. The number of esters is 1. The third-order valence-corrected chi connectivity index (χ3v) is 7.26. The van der Waals surface area contributed by atoms with E-state index in [0.29, 0.717) is 33.2 Å². The molecule has 13 heteroatoms. The van der Waals surface area contributed by atoms with Crippen molar-refractivity contribution in [3.8, 4) is 0 Å². The molecule has 6 unspecified atom stereocenters. The maximum atomic E-state index is 12.7. The standard InChI is InChI=1S/C27H32N2O11/c1-11-20(31)22(33)24(35)26(38-11)37-10-14-6-4-8-16-19(14)29-15-7-3-5-13(18(15)28-16)9-17(30)40-27-25(36)23(34)21(32)12(2)39-27/h3-8,11-12,20-27,31-36H,9-10H2,1-2H3/t11?,12?,20-,21+,22?,23?,24?,25?,26-,27+/m0/s1. The average Bonchev–Trinajstić information content (AvgIpc) is 2.94. The van der Waals surface area contributed by atoms with Crippen molar-refractivity contribution < 1.29 is 54.4 Å². The highest BCUT2D eigenvalue weighted by molar-refractivity contribution is 5.91. The molecule has 0 amide bonds. The molecule has 0 radical (unpaired) electrons. The van der Waals surface area contributed by atoms with Crippen LogP contribution in [0.3, 0.4) is 0 Å². The Hall–Kier alpha value is -2.85. The summed E-state index contributed by atoms with van der Waals surface area (Å²) in [5, 5.41) is 60.1. The summed E-state index contributed by atoms with van der Waals surface area (Å²) in [5.41, 5.74) is 3.13. The number of ether oxygens (including phenoxy) is 4. The number of aromatic nitrogens is 2. The highest BCUT2D eigenvalue weighted by Crippen LogP contribution is 2.27. The Balaban J connectivity index is 1.34. The second kappa shape index (κ2) is 11.6. The van der Waals surface area contributed by atoms with E-state index in [0.717, 1.165) is 0 Å². The molecule has 2 fully saturated rings. The predicted octanol–water partition coefficient (Wildman–Crippen LogP) is -0.960. The van der Waals surface area contributed by atoms with Crippen LogP contribution in [0.4, 0.5) is 0 Å². The fourth-order valence-electron chi connectivity index (χ4n) is 4.85. The molecule has 6 N–H and O–H groups in total. The smallest absolute Gasteiger partial charge is 0.312 e. The first-order valence-corrected chi connectivity index (χ1v) is 12.9. The molecule has 3 heterocycles. The number of aliphatic hydroxyl groups is 6. The monoisotopic (exact) mass is 560 g/mol. The van der Waals surface area contributed by atoms with Gasteiger partial charge >= 0.3 is 5.97 Å². The van der Waals surface area contributed by atoms with Gasteiger partial charge < -0.3 is 49.6 Å². The first-order chi connectivity index (χ1) is 19.0. The summed E-state index contributed by atoms with van der Waals surface area (Å²) in [4.78, 5) is 22.1. The Bertz CT molecular complexity index is 1370. The van der Waals surface area contributed by atoms with E-state index in [2.05, 4.69) is 0 Å². The van der Waals surface area contributed by atoms with Gasteiger partial charge in [0.25, 0.3) is 0 Å². The third kappa shape index (κ3) is 5.52. The normalized spacial score (nSPS) is 34.7. The highest BCUT2D eigenvalue weighted by Gasteiger charge is 2.44. The molecule has 40 heavy (non-hydrogen) atoms. The lowest BCUT2D eigenvalue weighted by molar-refractivity contribution is -0.296. The zero-order valence-corrected chi connectivity index (χ0v) is 21.8. The molecule has 0 aliphatic carbocycles. The second-order valence-electron chi connectivity index (χ2n) is 10.1. The molecule has 1 aromatic heterocycles. The van der Waals surface area contributed by atoms with Crippen LogP contribution in [-0.4, -0.2) is 108 Å². The van der Waals surface area contributed by atoms with Crippen molar-refractivity contribution in [1.82, 2.24) is 9.97 Å². The lowest BCUT2D eigenvalue weighted by Crippen LogP contribution is -2.57. The number of aliphatic hydroxyl groups excluding tert-OH is 6. The van der Waals surface area contributed by atoms with Gasteiger partial charge in [0.15, 0.2) is 6.29 Å². The molecule has 0 saturated carbocycles. The number of para-hydroxylation sites is 2. The van der Waals surface area contributed by atoms with Gasteiger partial charge in [-0.1, -0.05) is 24.3 Å². The van der Waals surface area contributed by atoms with Crippen LogP contribution in [0.25, 0.3) is 22.1 Å². The van der Waals surface area contributed by atoms with E-state index in [1.165, 1.54) is 6.92 Å². The van der Waals surface area contributed by atoms with Crippen LogP contribution in [0.2, 0.25) is 0 Å². The van der Waals surface area contributed by atoms with Gasteiger partial charge in [-0.3, -0.25) is 4.79 Å². The number of carbonyl (C=O) groups excluding carboxylic acids is 1. The Morgan fingerprint density at radius 2 is 1.23 bits per heavy atom. The van der Waals surface area contributed by atoms with Crippen molar-refractivity contribution in [2.45, 2.75) is 88.3 Å². The summed E-state index contributed by atoms with van der Waals surface area (Å²) >= 11 is 0. The third-order valence-electron chi connectivity index (χ3n) is 7.26. The molecule has 2 aromatic carbocycles. The van der Waals surface area contributed by atoms with Crippen molar-refractivity contribution in [2.24, 2.45) is 0 Å². The van der Waals surface area contributed by atoms with Crippen molar-refractivity contribution in [3.05, 3.63) is 47.5 Å². The number of fused-ring (bicyclic) bond motifs is 2. The molecular weight excluding hydrogens is 528 g/mol. The fraction of sp³-hybridized carbons (Fsp3) is 0.519. The summed E-state index contributed by atoms with van der Waals surface area (Å²) in [5.74, 6) is -0.732. The van der Waals surface area contributed by atoms with Crippen molar-refractivity contribution in [2.75, 3.05) is 0 Å². The van der Waals surface area contributed by atoms with Gasteiger partial charge in [-0.2, -0.15) is 0 Å². The topological polar surface area (TPSA) is 201 Å². The molecule has 5 rings (SSSR count). The maximum Gasteiger partial charge on any atom is 0.312 e. The van der Waals surface area contributed by atoms with Crippen LogP contribution < -0.4 is 0 Å². The molecule has 13 nitrogen and oxygen atoms in total. The quantitative estimate of drug-likeness (QED) is 0.159. The molecule has 2 saturated heterocycles. The van der Waals surface area contributed by atoms with Gasteiger partial charge in [-0.25, -0.2) is 9.97 Å². The van der Waals surface area contributed by atoms with E-state index in [4.69, 9.17) is 28.9 Å². The van der Waals surface area contributed by atoms with Crippen LogP contribution >= 0.6 is 0 Å². The zero-order valence-electron chi connectivity index (χ0n) is 21.8. The first kappa shape index (κ1) is 28.7. The zero-order chi connectivity index (χ0) is 28.7. The SMILES string of the molecule is CC1O[C@H](OC(=O)Cc2cccc3nc4c(CO[C@H]5OC(C)[C@H](O)C(O)C5O)cccc4nc23)C(O)C(O)[C@@H]1O. The van der Waals surface area contributed by atoms with E-state index in [-0.39, 0.29) is 13.0 Å². The molecule has 216 valence electrons. The van der Waals surface area contributed by atoms with Crippen molar-refractivity contribution in [1.29, 1.82) is 0 Å². The minimum Gasteiger partial charge on any atom is -0.432 e. The van der Waals surface area contributed by atoms with Crippen LogP contribution in [-0.2, 0) is 36.8 Å². The average molecular weight is 561 g/mol. The van der Waals surface area contributed by atoms with Crippen LogP contribution in [0.5, 0.6) is 0 Å². The Kier molecular flexibility index (Phi) is 8.29. The van der Waals surface area contributed by atoms with Gasteiger partial charge in [0, 0.05) is 5.56 Å². The predicted molar refractivity (Wildman–Crippen MR) is 136 cm³/mol. The Morgan fingerprint density at radius 3 is 1.82 bits per heavy atom. The number of rotatable bonds is 6. The van der Waals surface area contributed by atoms with Gasteiger partial charge in [-0.15, -0.1) is 0 Å². The molecular formula is C27H32N2O11. The summed E-state index contributed by atoms with van der Waals surface area (Å²) in [6.45, 7) is 3.03. The number of hydrogen-bond acceptors (Lipinski definition) is 13. The number of hydrogen-bond donors (Lipinski definition) is 6. The molecule has 2 aliphatic heterocycles. The molecule has 10 atom stereocenters. The molecule has 0 spiro atoms. The highest BCUT2D eigenvalue weighted by atomic mass is 16.7. The van der Waals surface area contributed by atoms with Gasteiger partial charge in [-0.05, 0) is 31.5 Å². The van der Waals surface area contributed by atoms with Crippen molar-refractivity contribution >= 4 is 28.0 Å². The van der Waals surface area contributed by atoms with E-state index in [9.17, 15) is 35.4 Å². The first-order valence-electron chi connectivity index (χ1n) is 12.9. The van der Waals surface area contributed by atoms with E-state index in [1.54, 1.807) is 43.3 Å². The lowest BCUT2D eigenvalue weighted by Gasteiger charge is -2.38. The summed E-state index contributed by atoms with van der Waals surface area (Å²) in [6, 6.07) is 10.4. The number of carbonyl (C=O) groups is 1. The summed E-state index contributed by atoms with van der Waals surface area (Å²) in [7, 11) is 0. The van der Waals surface area contributed by atoms with Gasteiger partial charge in [0.05, 0.1) is 47.3 Å². The van der Waals surface area contributed by atoms with E-state index < -0.39 is 67.4 Å². The summed E-state index contributed by atoms with van der Waals surface area (Å²) in [6.07, 6.45) is -12.9. The van der Waals surface area contributed by atoms with E-state index >= 15 is 0 Å². The molecule has 0 bridgehead atoms. The van der Waals surface area contributed by atoms with E-state index in [1.807, 2.05) is 0 Å². The second-order valence-corrected chi connectivity index (χ2v) is 10.1. The van der Waals surface area contributed by atoms with Gasteiger partial charge in [0.2, 0.25) is 6.29 Å². The lowest BCUT2D eigenvalue weighted by atomic mass is 10.00. The van der Waals surface area contributed by atoms with Crippen LogP contribution in [0.15, 0.2) is 36.4 Å². The Labute approximate surface area is 228 Å². The van der Waals surface area contributed by atoms with Crippen LogP contribution in [0, 0.1) is 0 Å².